The fourth-order valence-corrected chi connectivity index (χ4v) is 5.18. The average Bonchev–Trinajstić information content (AvgIpc) is 2.92. The number of carboxylic acid groups (broad SMARTS) is 1. The van der Waals surface area contributed by atoms with Crippen molar-refractivity contribution in [3.05, 3.63) is 77.6 Å². The van der Waals surface area contributed by atoms with Gasteiger partial charge in [0.2, 0.25) is 5.91 Å². The molecule has 0 atom stereocenters. The van der Waals surface area contributed by atoms with Crippen LogP contribution in [-0.2, 0) is 17.8 Å². The highest BCUT2D eigenvalue weighted by Crippen LogP contribution is 2.35. The number of carbonyl (C=O) groups excluding carboxylic acids is 1. The molecule has 3 aromatic rings. The summed E-state index contributed by atoms with van der Waals surface area (Å²) in [5.74, 6) is -1.09. The molecule has 0 unspecified atom stereocenters. The minimum atomic E-state index is -1.03. The van der Waals surface area contributed by atoms with Crippen LogP contribution >= 0.6 is 0 Å². The van der Waals surface area contributed by atoms with E-state index in [1.54, 1.807) is 17.0 Å². The highest BCUT2D eigenvalue weighted by molar-refractivity contribution is 5.97. The van der Waals surface area contributed by atoms with E-state index in [0.717, 1.165) is 35.6 Å². The van der Waals surface area contributed by atoms with E-state index in [4.69, 9.17) is 5.26 Å². The number of piperazine rings is 1. The summed E-state index contributed by atoms with van der Waals surface area (Å²) in [6.45, 7) is 11.0. The Labute approximate surface area is 217 Å². The molecule has 1 N–H and O–H groups in total. The van der Waals surface area contributed by atoms with Gasteiger partial charge in [0.05, 0.1) is 18.3 Å². The SMILES string of the molecule is C=CC(=O)N1CCN(c2cc(C(=O)O)nc3c2CCN(c2cccc4cccc(C)c24)C3)CC1.CC#N. The molecule has 5 rings (SSSR count). The molecular weight excluding hydrogens is 466 g/mol. The second-order valence-corrected chi connectivity index (χ2v) is 9.12. The van der Waals surface area contributed by atoms with Crippen molar-refractivity contribution < 1.29 is 14.7 Å². The zero-order valence-electron chi connectivity index (χ0n) is 21.3. The Bertz CT molecular complexity index is 1380. The lowest BCUT2D eigenvalue weighted by molar-refractivity contribution is -0.126. The molecule has 2 aliphatic rings. The fourth-order valence-electron chi connectivity index (χ4n) is 5.18. The highest BCUT2D eigenvalue weighted by atomic mass is 16.4. The first-order valence-corrected chi connectivity index (χ1v) is 12.3. The number of hydrogen-bond donors (Lipinski definition) is 1. The number of benzene rings is 2. The quantitative estimate of drug-likeness (QED) is 0.540. The third kappa shape index (κ3) is 5.26. The van der Waals surface area contributed by atoms with Gasteiger partial charge in [-0.25, -0.2) is 9.78 Å². The fraction of sp³-hybridized carbons (Fsp3) is 0.310. The van der Waals surface area contributed by atoms with Crippen molar-refractivity contribution in [2.75, 3.05) is 42.5 Å². The van der Waals surface area contributed by atoms with Gasteiger partial charge in [-0.05, 0) is 42.5 Å². The van der Waals surface area contributed by atoms with Gasteiger partial charge >= 0.3 is 5.97 Å². The number of hydrogen-bond acceptors (Lipinski definition) is 6. The molecule has 0 aliphatic carbocycles. The van der Waals surface area contributed by atoms with Crippen molar-refractivity contribution in [2.45, 2.75) is 26.8 Å². The second kappa shape index (κ2) is 11.1. The normalized spacial score (nSPS) is 14.8. The van der Waals surface area contributed by atoms with Crippen molar-refractivity contribution >= 4 is 34.0 Å². The van der Waals surface area contributed by atoms with E-state index in [1.807, 2.05) is 0 Å². The number of pyridine rings is 1. The van der Waals surface area contributed by atoms with E-state index in [0.29, 0.717) is 32.7 Å². The molecule has 0 saturated carbocycles. The van der Waals surface area contributed by atoms with Crippen LogP contribution in [-0.4, -0.2) is 59.6 Å². The van der Waals surface area contributed by atoms with E-state index in [-0.39, 0.29) is 11.6 Å². The smallest absolute Gasteiger partial charge is 0.354 e. The minimum absolute atomic E-state index is 0.0642. The van der Waals surface area contributed by atoms with Gasteiger partial charge in [-0.15, -0.1) is 0 Å². The summed E-state index contributed by atoms with van der Waals surface area (Å²) in [6, 6.07) is 16.1. The molecule has 8 nitrogen and oxygen atoms in total. The van der Waals surface area contributed by atoms with Crippen LogP contribution in [0.4, 0.5) is 11.4 Å². The third-order valence-electron chi connectivity index (χ3n) is 6.92. The van der Waals surface area contributed by atoms with Crippen LogP contribution in [0.5, 0.6) is 0 Å². The Morgan fingerprint density at radius 1 is 1.05 bits per heavy atom. The van der Waals surface area contributed by atoms with E-state index >= 15 is 0 Å². The van der Waals surface area contributed by atoms with Crippen LogP contribution in [0.25, 0.3) is 10.8 Å². The molecular formula is C29H31N5O3. The Hall–Kier alpha value is -4.38. The number of rotatable bonds is 4. The number of aromatic carboxylic acids is 1. The third-order valence-corrected chi connectivity index (χ3v) is 6.92. The highest BCUT2D eigenvalue weighted by Gasteiger charge is 2.28. The maximum absolute atomic E-state index is 12.0. The summed E-state index contributed by atoms with van der Waals surface area (Å²) in [7, 11) is 0. The lowest BCUT2D eigenvalue weighted by atomic mass is 9.98. The Kier molecular flexibility index (Phi) is 7.73. The molecule has 2 aromatic carbocycles. The molecule has 1 amide bonds. The molecule has 1 saturated heterocycles. The first-order chi connectivity index (χ1) is 17.9. The number of aromatic nitrogens is 1. The number of carboxylic acids is 1. The van der Waals surface area contributed by atoms with Gasteiger partial charge in [-0.3, -0.25) is 4.79 Å². The maximum atomic E-state index is 12.0. The van der Waals surface area contributed by atoms with Crippen molar-refractivity contribution in [1.82, 2.24) is 9.88 Å². The zero-order valence-corrected chi connectivity index (χ0v) is 21.3. The molecule has 1 fully saturated rings. The van der Waals surface area contributed by atoms with Gasteiger partial charge in [-0.1, -0.05) is 36.9 Å². The van der Waals surface area contributed by atoms with E-state index in [1.165, 1.54) is 29.3 Å². The molecule has 0 radical (unpaired) electrons. The topological polar surface area (TPSA) is 101 Å². The molecule has 1 aromatic heterocycles. The number of amides is 1. The summed E-state index contributed by atoms with van der Waals surface area (Å²) in [4.78, 5) is 34.7. The minimum Gasteiger partial charge on any atom is -0.477 e. The number of aryl methyl sites for hydroxylation is 1. The van der Waals surface area contributed by atoms with Gasteiger partial charge in [0, 0.05) is 62.0 Å². The van der Waals surface area contributed by atoms with Gasteiger partial charge in [0.15, 0.2) is 5.69 Å². The van der Waals surface area contributed by atoms with Crippen molar-refractivity contribution in [3.63, 3.8) is 0 Å². The van der Waals surface area contributed by atoms with E-state index < -0.39 is 5.97 Å². The van der Waals surface area contributed by atoms with Gasteiger partial charge < -0.3 is 19.8 Å². The summed E-state index contributed by atoms with van der Waals surface area (Å²) < 4.78 is 0. The standard InChI is InChI=1S/C27H28N4O3.C2H3N/c1-3-25(32)30-14-12-29(13-15-30)24-16-21(27(33)34)28-22-17-31(11-10-20(22)24)23-9-5-8-19-7-4-6-18(2)26(19)23;1-2-3/h3-9,16H,1,10-15,17H2,2H3,(H,33,34);1H3. The zero-order chi connectivity index (χ0) is 26.5. The first kappa shape index (κ1) is 25.7. The molecule has 190 valence electrons. The van der Waals surface area contributed by atoms with E-state index in [2.05, 4.69) is 64.7 Å². The van der Waals surface area contributed by atoms with Crippen LogP contribution in [0.3, 0.4) is 0 Å². The Morgan fingerprint density at radius 2 is 1.73 bits per heavy atom. The number of carbonyl (C=O) groups is 2. The predicted molar refractivity (Wildman–Crippen MR) is 145 cm³/mol. The number of nitriles is 1. The first-order valence-electron chi connectivity index (χ1n) is 12.3. The lowest BCUT2D eigenvalue weighted by Gasteiger charge is -2.39. The Balaban J connectivity index is 0.00000102. The van der Waals surface area contributed by atoms with Gasteiger partial charge in [0.25, 0.3) is 0 Å². The van der Waals surface area contributed by atoms with E-state index in [9.17, 15) is 14.7 Å². The monoisotopic (exact) mass is 497 g/mol. The van der Waals surface area contributed by atoms with Crippen LogP contribution < -0.4 is 9.80 Å². The number of nitrogens with zero attached hydrogens (tertiary/aromatic N) is 5. The van der Waals surface area contributed by atoms with Crippen LogP contribution in [0.1, 0.15) is 34.2 Å². The van der Waals surface area contributed by atoms with Crippen molar-refractivity contribution in [3.8, 4) is 6.07 Å². The summed E-state index contributed by atoms with van der Waals surface area (Å²) in [6.07, 6.45) is 2.13. The van der Waals surface area contributed by atoms with Crippen molar-refractivity contribution in [2.24, 2.45) is 0 Å². The Morgan fingerprint density at radius 3 is 2.38 bits per heavy atom. The number of anilines is 2. The summed E-state index contributed by atoms with van der Waals surface area (Å²) >= 11 is 0. The molecule has 2 aliphatic heterocycles. The maximum Gasteiger partial charge on any atom is 0.354 e. The molecule has 37 heavy (non-hydrogen) atoms. The predicted octanol–water partition coefficient (Wildman–Crippen LogP) is 4.17. The van der Waals surface area contributed by atoms with Crippen LogP contribution in [0.2, 0.25) is 0 Å². The van der Waals surface area contributed by atoms with Gasteiger partial charge in [-0.2, -0.15) is 5.26 Å². The summed E-state index contributed by atoms with van der Waals surface area (Å²) in [5, 5.41) is 19.5. The summed E-state index contributed by atoms with van der Waals surface area (Å²) in [5.41, 5.74) is 5.30. The van der Waals surface area contributed by atoms with Crippen LogP contribution in [0, 0.1) is 18.3 Å². The molecule has 0 bridgehead atoms. The second-order valence-electron chi connectivity index (χ2n) is 9.12. The molecule has 3 heterocycles. The number of fused-ring (bicyclic) bond motifs is 2. The van der Waals surface area contributed by atoms with Crippen molar-refractivity contribution in [1.29, 1.82) is 5.26 Å². The molecule has 0 spiro atoms. The average molecular weight is 498 g/mol. The van der Waals surface area contributed by atoms with Gasteiger partial charge in [0.1, 0.15) is 0 Å². The lowest BCUT2D eigenvalue weighted by Crippen LogP contribution is -2.49. The largest absolute Gasteiger partial charge is 0.477 e. The molecule has 8 heteroatoms. The van der Waals surface area contributed by atoms with Crippen LogP contribution in [0.15, 0.2) is 55.1 Å².